The molecule has 0 saturated heterocycles. The van der Waals surface area contributed by atoms with E-state index in [1.807, 2.05) is 24.3 Å². The summed E-state index contributed by atoms with van der Waals surface area (Å²) >= 11 is 0. The average molecular weight is 373 g/mol. The summed E-state index contributed by atoms with van der Waals surface area (Å²) in [5.41, 5.74) is 2.03. The Bertz CT molecular complexity index is 932. The van der Waals surface area contributed by atoms with Gasteiger partial charge in [0.05, 0.1) is 11.8 Å². The van der Waals surface area contributed by atoms with Crippen LogP contribution in [0.5, 0.6) is 0 Å². The second-order valence-corrected chi connectivity index (χ2v) is 8.58. The maximum Gasteiger partial charge on any atom is 0.258 e. The molecule has 1 aliphatic heterocycles. The number of nitrogens with zero attached hydrogens (tertiary/aromatic N) is 1. The van der Waals surface area contributed by atoms with Crippen LogP contribution >= 0.6 is 0 Å². The fraction of sp³-hybridized carbons (Fsp3) is 0.250. The van der Waals surface area contributed by atoms with Crippen LogP contribution in [0.4, 0.5) is 10.1 Å². The highest BCUT2D eigenvalue weighted by Gasteiger charge is 2.32. The molecular weight excluding hydrogens is 353 g/mol. The minimum atomic E-state index is -3.33. The molecule has 0 fully saturated rings. The van der Waals surface area contributed by atoms with E-state index in [0.29, 0.717) is 17.2 Å². The lowest BCUT2D eigenvalue weighted by Gasteiger charge is -2.28. The van der Waals surface area contributed by atoms with Gasteiger partial charge in [0.15, 0.2) is 9.84 Å². The van der Waals surface area contributed by atoms with Crippen molar-refractivity contribution < 1.29 is 17.6 Å². The molecule has 4 nitrogen and oxygen atoms in total. The number of carbonyl (C=O) groups is 1. The summed E-state index contributed by atoms with van der Waals surface area (Å²) in [5.74, 6) is -0.616. The monoisotopic (exact) mass is 373 g/mol. The molecular formula is C20H20FNO3S. The Hall–Kier alpha value is -2.47. The highest BCUT2D eigenvalue weighted by atomic mass is 32.2. The molecule has 1 heterocycles. The van der Waals surface area contributed by atoms with Gasteiger partial charge in [0.1, 0.15) is 5.82 Å². The number of anilines is 1. The highest BCUT2D eigenvalue weighted by Crippen LogP contribution is 2.27. The van der Waals surface area contributed by atoms with Gasteiger partial charge < -0.3 is 4.90 Å². The van der Waals surface area contributed by atoms with E-state index in [0.717, 1.165) is 11.0 Å². The van der Waals surface area contributed by atoms with Crippen molar-refractivity contribution in [2.75, 3.05) is 10.7 Å². The van der Waals surface area contributed by atoms with Crippen LogP contribution in [0.3, 0.4) is 0 Å². The van der Waals surface area contributed by atoms with Crippen LogP contribution in [-0.2, 0) is 9.84 Å². The van der Waals surface area contributed by atoms with Gasteiger partial charge in [0.2, 0.25) is 0 Å². The van der Waals surface area contributed by atoms with Crippen LogP contribution in [0, 0.1) is 5.82 Å². The predicted molar refractivity (Wildman–Crippen MR) is 100 cm³/mol. The quantitative estimate of drug-likeness (QED) is 0.817. The van der Waals surface area contributed by atoms with Crippen molar-refractivity contribution in [3.05, 3.63) is 77.0 Å². The second-order valence-electron chi connectivity index (χ2n) is 6.65. The molecule has 0 radical (unpaired) electrons. The van der Waals surface area contributed by atoms with E-state index >= 15 is 0 Å². The Balaban J connectivity index is 2.00. The fourth-order valence-electron chi connectivity index (χ4n) is 2.93. The summed E-state index contributed by atoms with van der Waals surface area (Å²) in [6, 6.07) is 12.1. The van der Waals surface area contributed by atoms with E-state index in [9.17, 15) is 17.6 Å². The normalized spacial score (nSPS) is 18.2. The lowest BCUT2D eigenvalue weighted by Crippen LogP contribution is -2.41. The number of hydrogen-bond acceptors (Lipinski definition) is 3. The lowest BCUT2D eigenvalue weighted by molar-refractivity contribution is 0.0983. The Morgan fingerprint density at radius 1 is 1.08 bits per heavy atom. The number of rotatable bonds is 4. The van der Waals surface area contributed by atoms with Crippen LogP contribution < -0.4 is 4.90 Å². The Kier molecular flexibility index (Phi) is 4.96. The molecule has 0 saturated carbocycles. The number of hydrogen-bond donors (Lipinski definition) is 0. The molecule has 6 heteroatoms. The van der Waals surface area contributed by atoms with Gasteiger partial charge in [-0.3, -0.25) is 4.79 Å². The summed E-state index contributed by atoms with van der Waals surface area (Å²) in [7, 11) is -3.33. The van der Waals surface area contributed by atoms with E-state index in [2.05, 4.69) is 13.8 Å². The average Bonchev–Trinajstić information content (AvgIpc) is 2.95. The molecule has 0 aliphatic carbocycles. The molecule has 1 aliphatic rings. The molecule has 2 aromatic carbocycles. The van der Waals surface area contributed by atoms with Gasteiger partial charge >= 0.3 is 0 Å². The number of benzene rings is 2. The molecule has 0 bridgehead atoms. The number of sulfone groups is 1. The Morgan fingerprint density at radius 3 is 2.19 bits per heavy atom. The maximum atomic E-state index is 13.2. The minimum absolute atomic E-state index is 0.161. The van der Waals surface area contributed by atoms with Gasteiger partial charge in [-0.1, -0.05) is 26.0 Å². The lowest BCUT2D eigenvalue weighted by atomic mass is 10.0. The SMILES string of the molecule is CC(C)c1ccc(N(C(=O)c2ccc(F)cc2)[C@H]2C=CS(=O)(=O)C2)cc1. The largest absolute Gasteiger partial charge is 0.300 e. The first-order valence-electron chi connectivity index (χ1n) is 8.37. The smallest absolute Gasteiger partial charge is 0.258 e. The molecule has 3 rings (SSSR count). The Labute approximate surface area is 152 Å². The molecule has 0 spiro atoms. The van der Waals surface area contributed by atoms with E-state index in [-0.39, 0.29) is 11.7 Å². The van der Waals surface area contributed by atoms with Gasteiger partial charge in [0.25, 0.3) is 5.91 Å². The molecule has 0 aromatic heterocycles. The third-order valence-corrected chi connectivity index (χ3v) is 5.77. The molecule has 0 unspecified atom stereocenters. The zero-order chi connectivity index (χ0) is 18.9. The summed E-state index contributed by atoms with van der Waals surface area (Å²) < 4.78 is 36.9. The molecule has 2 aromatic rings. The summed E-state index contributed by atoms with van der Waals surface area (Å²) in [6.45, 7) is 4.14. The van der Waals surface area contributed by atoms with Crippen molar-refractivity contribution in [3.63, 3.8) is 0 Å². The van der Waals surface area contributed by atoms with Gasteiger partial charge in [0, 0.05) is 16.7 Å². The third-order valence-electron chi connectivity index (χ3n) is 4.39. The number of carbonyl (C=O) groups excluding carboxylic acids is 1. The van der Waals surface area contributed by atoms with Crippen molar-refractivity contribution in [1.82, 2.24) is 0 Å². The fourth-order valence-corrected chi connectivity index (χ4v) is 4.20. The minimum Gasteiger partial charge on any atom is -0.300 e. The first-order valence-corrected chi connectivity index (χ1v) is 10.1. The van der Waals surface area contributed by atoms with Crippen molar-refractivity contribution in [2.45, 2.75) is 25.8 Å². The summed E-state index contributed by atoms with van der Waals surface area (Å²) in [5, 5.41) is 1.14. The third kappa shape index (κ3) is 3.85. The van der Waals surface area contributed by atoms with E-state index < -0.39 is 21.7 Å². The van der Waals surface area contributed by atoms with Gasteiger partial charge in [-0.05, 0) is 54.0 Å². The zero-order valence-corrected chi connectivity index (χ0v) is 15.4. The van der Waals surface area contributed by atoms with Crippen molar-refractivity contribution in [2.24, 2.45) is 0 Å². The molecule has 1 atom stereocenters. The molecule has 1 amide bonds. The van der Waals surface area contributed by atoms with Crippen molar-refractivity contribution in [1.29, 1.82) is 0 Å². The molecule has 136 valence electrons. The maximum absolute atomic E-state index is 13.2. The van der Waals surface area contributed by atoms with Crippen LogP contribution in [0.25, 0.3) is 0 Å². The number of halogens is 1. The highest BCUT2D eigenvalue weighted by molar-refractivity contribution is 7.94. The van der Waals surface area contributed by atoms with Crippen LogP contribution in [-0.4, -0.2) is 26.1 Å². The summed E-state index contributed by atoms with van der Waals surface area (Å²) in [4.78, 5) is 14.5. The first-order chi connectivity index (χ1) is 12.3. The van der Waals surface area contributed by atoms with E-state index in [1.54, 1.807) is 0 Å². The standard InChI is InChI=1S/C20H20FNO3S/c1-14(2)15-5-9-18(10-6-15)22(19-11-12-26(24,25)13-19)20(23)16-3-7-17(21)8-4-16/h3-12,14,19H,13H2,1-2H3/t19-/m0/s1. The predicted octanol–water partition coefficient (Wildman–Crippen LogP) is 3.91. The van der Waals surface area contributed by atoms with Gasteiger partial charge in [-0.15, -0.1) is 0 Å². The second kappa shape index (κ2) is 7.03. The summed E-state index contributed by atoms with van der Waals surface area (Å²) in [6.07, 6.45) is 1.52. The van der Waals surface area contributed by atoms with Crippen molar-refractivity contribution >= 4 is 21.4 Å². The number of amides is 1. The molecule has 0 N–H and O–H groups in total. The molecule has 26 heavy (non-hydrogen) atoms. The Morgan fingerprint density at radius 2 is 1.69 bits per heavy atom. The van der Waals surface area contributed by atoms with Crippen LogP contribution in [0.1, 0.15) is 35.7 Å². The van der Waals surface area contributed by atoms with E-state index in [4.69, 9.17) is 0 Å². The topological polar surface area (TPSA) is 54.5 Å². The zero-order valence-electron chi connectivity index (χ0n) is 14.6. The van der Waals surface area contributed by atoms with Gasteiger partial charge in [-0.25, -0.2) is 12.8 Å². The van der Waals surface area contributed by atoms with E-state index in [1.165, 1.54) is 35.2 Å². The van der Waals surface area contributed by atoms with Gasteiger partial charge in [-0.2, -0.15) is 0 Å². The van der Waals surface area contributed by atoms with Crippen molar-refractivity contribution in [3.8, 4) is 0 Å². The first kappa shape index (κ1) is 18.3. The van der Waals surface area contributed by atoms with Crippen LogP contribution in [0.2, 0.25) is 0 Å². The van der Waals surface area contributed by atoms with Crippen LogP contribution in [0.15, 0.2) is 60.0 Å².